The molecule has 0 aromatic carbocycles. The fraction of sp³-hybridized carbons (Fsp3) is 0.273. The summed E-state index contributed by atoms with van der Waals surface area (Å²) in [6, 6.07) is 1.97. The first kappa shape index (κ1) is 12.3. The van der Waals surface area contributed by atoms with E-state index in [0.29, 0.717) is 27.2 Å². The molecule has 0 atom stereocenters. The first-order valence-electron chi connectivity index (χ1n) is 5.21. The van der Waals surface area contributed by atoms with Crippen LogP contribution < -0.4 is 11.3 Å². The van der Waals surface area contributed by atoms with Gasteiger partial charge in [-0.25, -0.2) is 4.98 Å². The average Bonchev–Trinajstić information content (AvgIpc) is 2.67. The second kappa shape index (κ2) is 4.58. The Bertz CT molecular complexity index is 723. The van der Waals surface area contributed by atoms with Crippen LogP contribution in [0.3, 0.4) is 0 Å². The molecule has 0 aliphatic heterocycles. The van der Waals surface area contributed by atoms with Crippen molar-refractivity contribution < 1.29 is 4.79 Å². The van der Waals surface area contributed by atoms with Crippen LogP contribution in [0.4, 0.5) is 0 Å². The van der Waals surface area contributed by atoms with Crippen LogP contribution in [-0.2, 0) is 6.54 Å². The number of carbonyl (C=O) groups excluding carboxylic acids is 1. The van der Waals surface area contributed by atoms with Crippen LogP contribution in [0.1, 0.15) is 21.7 Å². The number of aromatic nitrogens is 2. The number of nitrogens with zero attached hydrogens (tertiary/aromatic N) is 3. The zero-order valence-electron chi connectivity index (χ0n) is 9.64. The highest BCUT2D eigenvalue weighted by molar-refractivity contribution is 7.20. The van der Waals surface area contributed by atoms with Gasteiger partial charge in [0.2, 0.25) is 0 Å². The number of fused-ring (bicyclic) bond motifs is 1. The minimum Gasteiger partial charge on any atom is -0.365 e. The molecule has 2 heterocycles. The maximum Gasteiger partial charge on any atom is 0.262 e. The number of hydrogen-bond donors (Lipinski definition) is 1. The zero-order valence-corrected chi connectivity index (χ0v) is 10.5. The van der Waals surface area contributed by atoms with Crippen molar-refractivity contribution in [2.45, 2.75) is 19.9 Å². The molecule has 18 heavy (non-hydrogen) atoms. The number of rotatable bonds is 3. The largest absolute Gasteiger partial charge is 0.365 e. The summed E-state index contributed by atoms with van der Waals surface area (Å²) in [6.07, 6.45) is 1.63. The van der Waals surface area contributed by atoms with Crippen LogP contribution in [0.25, 0.3) is 10.2 Å². The summed E-state index contributed by atoms with van der Waals surface area (Å²) in [5, 5.41) is 8.93. The molecule has 2 aromatic rings. The fourth-order valence-electron chi connectivity index (χ4n) is 1.72. The molecule has 6 nitrogen and oxygen atoms in total. The van der Waals surface area contributed by atoms with Gasteiger partial charge in [0.1, 0.15) is 4.83 Å². The third-order valence-corrected chi connectivity index (χ3v) is 3.82. The third-order valence-electron chi connectivity index (χ3n) is 2.61. The van der Waals surface area contributed by atoms with Crippen molar-refractivity contribution in [3.8, 4) is 6.07 Å². The number of aryl methyl sites for hydroxylation is 2. The van der Waals surface area contributed by atoms with E-state index in [1.54, 1.807) is 6.92 Å². The van der Waals surface area contributed by atoms with Crippen LogP contribution in [0.5, 0.6) is 0 Å². The van der Waals surface area contributed by atoms with Gasteiger partial charge in [-0.2, -0.15) is 5.26 Å². The lowest BCUT2D eigenvalue weighted by molar-refractivity contribution is 0.100. The van der Waals surface area contributed by atoms with Gasteiger partial charge in [0.25, 0.3) is 11.5 Å². The molecule has 0 spiro atoms. The van der Waals surface area contributed by atoms with Gasteiger partial charge in [-0.15, -0.1) is 11.3 Å². The highest BCUT2D eigenvalue weighted by Crippen LogP contribution is 2.26. The predicted molar refractivity (Wildman–Crippen MR) is 67.4 cm³/mol. The van der Waals surface area contributed by atoms with Crippen LogP contribution in [0, 0.1) is 18.3 Å². The zero-order chi connectivity index (χ0) is 13.3. The van der Waals surface area contributed by atoms with Crippen LogP contribution in [-0.4, -0.2) is 15.5 Å². The number of nitrogens with two attached hydrogens (primary N) is 1. The lowest BCUT2D eigenvalue weighted by Crippen LogP contribution is -2.20. The molecule has 2 aromatic heterocycles. The molecule has 0 saturated carbocycles. The van der Waals surface area contributed by atoms with E-state index in [9.17, 15) is 9.59 Å². The summed E-state index contributed by atoms with van der Waals surface area (Å²) in [6.45, 7) is 1.97. The van der Waals surface area contributed by atoms with Crippen LogP contribution in [0.2, 0.25) is 0 Å². The summed E-state index contributed by atoms with van der Waals surface area (Å²) < 4.78 is 1.37. The van der Waals surface area contributed by atoms with Crippen LogP contribution >= 0.6 is 11.3 Å². The van der Waals surface area contributed by atoms with E-state index >= 15 is 0 Å². The molecule has 2 rings (SSSR count). The van der Waals surface area contributed by atoms with Gasteiger partial charge in [-0.1, -0.05) is 0 Å². The summed E-state index contributed by atoms with van der Waals surface area (Å²) >= 11 is 1.11. The van der Waals surface area contributed by atoms with Gasteiger partial charge in [-0.3, -0.25) is 14.2 Å². The standard InChI is InChI=1S/C11H10N4O2S/c1-6-7-10(18-8(6)9(13)16)14-5-15(11(7)17)4-2-3-12/h5H,2,4H2,1H3,(H2,13,16). The van der Waals surface area contributed by atoms with Crippen molar-refractivity contribution in [1.82, 2.24) is 9.55 Å². The smallest absolute Gasteiger partial charge is 0.262 e. The Balaban J connectivity index is 2.67. The van der Waals surface area contributed by atoms with Crippen molar-refractivity contribution in [2.24, 2.45) is 5.73 Å². The highest BCUT2D eigenvalue weighted by Gasteiger charge is 2.17. The molecule has 0 aliphatic rings. The molecule has 0 unspecified atom stereocenters. The van der Waals surface area contributed by atoms with E-state index in [-0.39, 0.29) is 12.0 Å². The number of nitriles is 1. The predicted octanol–water partition coefficient (Wildman–Crippen LogP) is 0.779. The Morgan fingerprint density at radius 2 is 2.39 bits per heavy atom. The Hall–Kier alpha value is -2.20. The molecule has 0 fully saturated rings. The van der Waals surface area contributed by atoms with Crippen molar-refractivity contribution in [3.63, 3.8) is 0 Å². The lowest BCUT2D eigenvalue weighted by atomic mass is 10.2. The molecule has 2 N–H and O–H groups in total. The van der Waals surface area contributed by atoms with Gasteiger partial charge in [0.05, 0.1) is 29.1 Å². The number of carbonyl (C=O) groups is 1. The second-order valence-corrected chi connectivity index (χ2v) is 4.75. The maximum atomic E-state index is 12.2. The number of amides is 1. The maximum absolute atomic E-state index is 12.2. The molecule has 0 radical (unpaired) electrons. The van der Waals surface area contributed by atoms with Gasteiger partial charge in [-0.05, 0) is 12.5 Å². The van der Waals surface area contributed by atoms with Crippen molar-refractivity contribution in [1.29, 1.82) is 5.26 Å². The normalized spacial score (nSPS) is 10.4. The number of hydrogen-bond acceptors (Lipinski definition) is 5. The van der Waals surface area contributed by atoms with Gasteiger partial charge < -0.3 is 5.73 Å². The molecular weight excluding hydrogens is 252 g/mol. The Kier molecular flexibility index (Phi) is 3.12. The minimum absolute atomic E-state index is 0.235. The van der Waals surface area contributed by atoms with Gasteiger partial charge in [0, 0.05) is 6.54 Å². The highest BCUT2D eigenvalue weighted by atomic mass is 32.1. The van der Waals surface area contributed by atoms with Crippen molar-refractivity contribution >= 4 is 27.5 Å². The fourth-order valence-corrected chi connectivity index (χ4v) is 2.72. The van der Waals surface area contributed by atoms with E-state index in [4.69, 9.17) is 11.0 Å². The number of primary amides is 1. The lowest BCUT2D eigenvalue weighted by Gasteiger charge is -2.01. The second-order valence-electron chi connectivity index (χ2n) is 3.75. The first-order chi connectivity index (χ1) is 8.56. The summed E-state index contributed by atoms with van der Waals surface area (Å²) in [5.74, 6) is -0.557. The van der Waals surface area contributed by atoms with Gasteiger partial charge >= 0.3 is 0 Å². The van der Waals surface area contributed by atoms with Gasteiger partial charge in [0.15, 0.2) is 0 Å². The summed E-state index contributed by atoms with van der Waals surface area (Å²) in [5.41, 5.74) is 5.56. The van der Waals surface area contributed by atoms with E-state index < -0.39 is 5.91 Å². The Morgan fingerprint density at radius 3 is 3.00 bits per heavy atom. The quantitative estimate of drug-likeness (QED) is 0.882. The van der Waals surface area contributed by atoms with E-state index in [1.165, 1.54) is 10.9 Å². The Morgan fingerprint density at radius 1 is 1.67 bits per heavy atom. The average molecular weight is 262 g/mol. The summed E-state index contributed by atoms with van der Waals surface area (Å²) in [7, 11) is 0. The molecule has 0 bridgehead atoms. The third kappa shape index (κ3) is 1.87. The van der Waals surface area contributed by atoms with E-state index in [1.807, 2.05) is 6.07 Å². The molecule has 0 aliphatic carbocycles. The molecule has 92 valence electrons. The van der Waals surface area contributed by atoms with Crippen molar-refractivity contribution in [3.05, 3.63) is 27.1 Å². The van der Waals surface area contributed by atoms with Crippen molar-refractivity contribution in [2.75, 3.05) is 0 Å². The summed E-state index contributed by atoms with van der Waals surface area (Å²) in [4.78, 5) is 28.3. The minimum atomic E-state index is -0.557. The topological polar surface area (TPSA) is 102 Å². The monoisotopic (exact) mass is 262 g/mol. The van der Waals surface area contributed by atoms with Crippen LogP contribution in [0.15, 0.2) is 11.1 Å². The molecule has 7 heteroatoms. The number of thiophene rings is 1. The SMILES string of the molecule is Cc1c(C(N)=O)sc2ncn(CCC#N)c(=O)c12. The molecule has 1 amide bonds. The Labute approximate surface area is 106 Å². The van der Waals surface area contributed by atoms with E-state index in [2.05, 4.69) is 4.98 Å². The molecule has 0 saturated heterocycles. The first-order valence-corrected chi connectivity index (χ1v) is 6.03. The van der Waals surface area contributed by atoms with E-state index in [0.717, 1.165) is 11.3 Å². The molecular formula is C11H10N4O2S.